The number of amides is 1. The number of ketones is 1. The molecule has 0 saturated carbocycles. The zero-order valence-electron chi connectivity index (χ0n) is 13.9. The van der Waals surface area contributed by atoms with Crippen molar-refractivity contribution in [2.75, 3.05) is 4.90 Å². The molecule has 1 aliphatic heterocycles. The van der Waals surface area contributed by atoms with E-state index in [0.29, 0.717) is 24.5 Å². The molecule has 2 N–H and O–H groups in total. The minimum atomic E-state index is -0.382. The van der Waals surface area contributed by atoms with E-state index in [2.05, 4.69) is 36.8 Å². The lowest BCUT2D eigenvalue weighted by molar-refractivity contribution is -0.113. The van der Waals surface area contributed by atoms with Gasteiger partial charge in [0, 0.05) is 28.7 Å². The molecule has 140 valence electrons. The first-order chi connectivity index (χ1) is 13.4. The largest absolute Gasteiger partial charge is 0.506 e. The van der Waals surface area contributed by atoms with Gasteiger partial charge >= 0.3 is 0 Å². The molecular weight excluding hydrogens is 528 g/mol. The van der Waals surface area contributed by atoms with E-state index in [4.69, 9.17) is 12.2 Å². The van der Waals surface area contributed by atoms with Gasteiger partial charge in [-0.2, -0.15) is 0 Å². The van der Waals surface area contributed by atoms with Crippen LogP contribution in [-0.2, 0) is 4.79 Å². The average molecular weight is 538 g/mol. The van der Waals surface area contributed by atoms with E-state index in [9.17, 15) is 14.7 Å². The van der Waals surface area contributed by atoms with Crippen LogP contribution in [0.3, 0.4) is 0 Å². The number of para-hydroxylation sites is 1. The summed E-state index contributed by atoms with van der Waals surface area (Å²) in [5.41, 5.74) is 1.84. The van der Waals surface area contributed by atoms with Gasteiger partial charge < -0.3 is 10.1 Å². The summed E-state index contributed by atoms with van der Waals surface area (Å²) in [6, 6.07) is 10.7. The number of rotatable bonds is 3. The lowest BCUT2D eigenvalue weighted by atomic mass is 10.1. The standard InChI is InChI=1S/C19H10Br2N2O3S2/c20-12-5-9(6-13(21)17(12)25)23-18(26)16(28-19(23)27)7-15(24)11-8-22-14-4-2-1-3-10(11)14/h1-8,22,25H. The van der Waals surface area contributed by atoms with Crippen molar-refractivity contribution in [1.82, 2.24) is 4.98 Å². The number of aromatic nitrogens is 1. The van der Waals surface area contributed by atoms with Gasteiger partial charge in [-0.3, -0.25) is 14.5 Å². The molecular formula is C19H10Br2N2O3S2. The van der Waals surface area contributed by atoms with Crippen molar-refractivity contribution in [2.45, 2.75) is 0 Å². The number of phenols is 1. The summed E-state index contributed by atoms with van der Waals surface area (Å²) < 4.78 is 1.15. The third kappa shape index (κ3) is 3.32. The normalized spacial score (nSPS) is 15.8. The van der Waals surface area contributed by atoms with Gasteiger partial charge in [0.25, 0.3) is 5.91 Å². The van der Waals surface area contributed by atoms with Crippen LogP contribution < -0.4 is 4.90 Å². The van der Waals surface area contributed by atoms with Crippen molar-refractivity contribution in [2.24, 2.45) is 0 Å². The quantitative estimate of drug-likeness (QED) is 0.261. The highest BCUT2D eigenvalue weighted by atomic mass is 79.9. The molecule has 0 bridgehead atoms. The molecule has 2 heterocycles. The Kier molecular flexibility index (Phi) is 5.17. The van der Waals surface area contributed by atoms with Crippen molar-refractivity contribution >= 4 is 88.4 Å². The van der Waals surface area contributed by atoms with E-state index in [0.717, 1.165) is 22.7 Å². The highest BCUT2D eigenvalue weighted by Gasteiger charge is 2.34. The van der Waals surface area contributed by atoms with Crippen LogP contribution in [-0.4, -0.2) is 26.1 Å². The smallest absolute Gasteiger partial charge is 0.270 e. The Morgan fingerprint density at radius 1 is 1.21 bits per heavy atom. The molecule has 1 aromatic heterocycles. The Morgan fingerprint density at radius 3 is 2.61 bits per heavy atom. The fourth-order valence-corrected chi connectivity index (χ4v) is 5.28. The molecule has 9 heteroatoms. The average Bonchev–Trinajstić information content (AvgIpc) is 3.20. The predicted octanol–water partition coefficient (Wildman–Crippen LogP) is 5.53. The lowest BCUT2D eigenvalue weighted by Crippen LogP contribution is -2.27. The molecule has 3 aromatic rings. The summed E-state index contributed by atoms with van der Waals surface area (Å²) in [5.74, 6) is -0.627. The zero-order chi connectivity index (χ0) is 20.0. The number of phenolic OH excluding ortho intramolecular Hbond substituents is 1. The number of carbonyl (C=O) groups excluding carboxylic acids is 2. The third-order valence-electron chi connectivity index (χ3n) is 4.17. The lowest BCUT2D eigenvalue weighted by Gasteiger charge is -2.16. The highest BCUT2D eigenvalue weighted by molar-refractivity contribution is 9.11. The van der Waals surface area contributed by atoms with E-state index >= 15 is 0 Å². The maximum atomic E-state index is 12.9. The van der Waals surface area contributed by atoms with Gasteiger partial charge in [0.1, 0.15) is 5.75 Å². The molecule has 0 spiro atoms. The number of anilines is 1. The molecule has 4 rings (SSSR count). The first kappa shape index (κ1) is 19.4. The summed E-state index contributed by atoms with van der Waals surface area (Å²) in [7, 11) is 0. The van der Waals surface area contributed by atoms with Gasteiger partial charge in [-0.1, -0.05) is 42.2 Å². The van der Waals surface area contributed by atoms with E-state index < -0.39 is 0 Å². The molecule has 0 radical (unpaired) electrons. The van der Waals surface area contributed by atoms with E-state index in [1.54, 1.807) is 18.3 Å². The zero-order valence-corrected chi connectivity index (χ0v) is 18.7. The number of benzene rings is 2. The predicted molar refractivity (Wildman–Crippen MR) is 122 cm³/mol. The van der Waals surface area contributed by atoms with Gasteiger partial charge in [0.15, 0.2) is 10.1 Å². The van der Waals surface area contributed by atoms with E-state index in [-0.39, 0.29) is 22.3 Å². The highest BCUT2D eigenvalue weighted by Crippen LogP contribution is 2.41. The summed E-state index contributed by atoms with van der Waals surface area (Å²) in [5, 5.41) is 10.7. The summed E-state index contributed by atoms with van der Waals surface area (Å²) in [4.78, 5) is 30.3. The van der Waals surface area contributed by atoms with Gasteiger partial charge in [-0.15, -0.1) is 0 Å². The molecule has 1 aliphatic rings. The number of aromatic hydroxyl groups is 1. The summed E-state index contributed by atoms with van der Waals surface area (Å²) in [6.45, 7) is 0. The Balaban J connectivity index is 1.68. The summed E-state index contributed by atoms with van der Waals surface area (Å²) in [6.07, 6.45) is 2.96. The second-order valence-electron chi connectivity index (χ2n) is 5.89. The van der Waals surface area contributed by atoms with Crippen LogP contribution >= 0.6 is 55.8 Å². The Hall–Kier alpha value is -1.94. The number of hydrogen-bond donors (Lipinski definition) is 2. The van der Waals surface area contributed by atoms with Gasteiger partial charge in [0.2, 0.25) is 0 Å². The molecule has 1 saturated heterocycles. The molecule has 1 amide bonds. The van der Waals surface area contributed by atoms with Crippen molar-refractivity contribution < 1.29 is 14.7 Å². The first-order valence-electron chi connectivity index (χ1n) is 7.93. The van der Waals surface area contributed by atoms with Crippen LogP contribution in [0, 0.1) is 0 Å². The minimum Gasteiger partial charge on any atom is -0.506 e. The molecule has 0 aliphatic carbocycles. The molecule has 0 unspecified atom stereocenters. The van der Waals surface area contributed by atoms with Gasteiger partial charge in [0.05, 0.1) is 19.5 Å². The topological polar surface area (TPSA) is 73.4 Å². The number of halogens is 2. The number of carbonyl (C=O) groups is 2. The second kappa shape index (κ2) is 7.47. The first-order valence-corrected chi connectivity index (χ1v) is 10.7. The van der Waals surface area contributed by atoms with Gasteiger partial charge in [-0.05, 0) is 50.1 Å². The minimum absolute atomic E-state index is 0.0271. The van der Waals surface area contributed by atoms with Crippen LogP contribution in [0.1, 0.15) is 10.4 Å². The van der Waals surface area contributed by atoms with E-state index in [1.807, 2.05) is 24.3 Å². The van der Waals surface area contributed by atoms with Crippen LogP contribution in [0.2, 0.25) is 0 Å². The number of nitrogens with one attached hydrogen (secondary N) is 1. The van der Waals surface area contributed by atoms with Crippen molar-refractivity contribution in [1.29, 1.82) is 0 Å². The fourth-order valence-electron chi connectivity index (χ4n) is 2.84. The molecule has 28 heavy (non-hydrogen) atoms. The Labute approximate surface area is 186 Å². The van der Waals surface area contributed by atoms with Crippen molar-refractivity contribution in [3.8, 4) is 5.75 Å². The maximum Gasteiger partial charge on any atom is 0.270 e. The molecule has 2 aromatic carbocycles. The van der Waals surface area contributed by atoms with Crippen molar-refractivity contribution in [3.63, 3.8) is 0 Å². The number of thioether (sulfide) groups is 1. The Bertz CT molecular complexity index is 1180. The molecule has 1 fully saturated rings. The maximum absolute atomic E-state index is 12.9. The monoisotopic (exact) mass is 536 g/mol. The second-order valence-corrected chi connectivity index (χ2v) is 9.27. The summed E-state index contributed by atoms with van der Waals surface area (Å²) >= 11 is 12.9. The number of aromatic amines is 1. The van der Waals surface area contributed by atoms with Gasteiger partial charge in [-0.25, -0.2) is 0 Å². The van der Waals surface area contributed by atoms with Crippen LogP contribution in [0.4, 0.5) is 5.69 Å². The fraction of sp³-hybridized carbons (Fsp3) is 0. The van der Waals surface area contributed by atoms with E-state index in [1.165, 1.54) is 11.0 Å². The molecule has 0 atom stereocenters. The third-order valence-corrected chi connectivity index (χ3v) is 6.68. The Morgan fingerprint density at radius 2 is 1.89 bits per heavy atom. The van der Waals surface area contributed by atoms with Crippen molar-refractivity contribution in [3.05, 3.63) is 68.1 Å². The number of nitrogens with zero attached hydrogens (tertiary/aromatic N) is 1. The van der Waals surface area contributed by atoms with Crippen LogP contribution in [0.25, 0.3) is 10.9 Å². The van der Waals surface area contributed by atoms with Crippen LogP contribution in [0.15, 0.2) is 62.5 Å². The number of fused-ring (bicyclic) bond motifs is 1. The number of allylic oxidation sites excluding steroid dienone is 1. The van der Waals surface area contributed by atoms with Crippen LogP contribution in [0.5, 0.6) is 5.75 Å². The molecule has 5 nitrogen and oxygen atoms in total. The number of H-pyrrole nitrogens is 1. The number of hydrogen-bond acceptors (Lipinski definition) is 5. The number of thiocarbonyl (C=S) groups is 1. The SMILES string of the molecule is O=C(C=C1SC(=S)N(c2cc(Br)c(O)c(Br)c2)C1=O)c1c[nH]c2ccccc12.